The Morgan fingerprint density at radius 1 is 1.35 bits per heavy atom. The predicted octanol–water partition coefficient (Wildman–Crippen LogP) is 3.42. The number of urea groups is 1. The van der Waals surface area contributed by atoms with Crippen LogP contribution in [0.15, 0.2) is 18.2 Å². The number of carbonyl (C=O) groups is 3. The third-order valence-corrected chi connectivity index (χ3v) is 5.85. The van der Waals surface area contributed by atoms with Gasteiger partial charge < -0.3 is 10.1 Å². The molecule has 0 aromatic heterocycles. The molecule has 7 heteroatoms. The minimum absolute atomic E-state index is 0.285. The lowest BCUT2D eigenvalue weighted by Gasteiger charge is -2.34. The molecule has 0 atom stereocenters. The van der Waals surface area contributed by atoms with Crippen LogP contribution in [0.4, 0.5) is 4.79 Å². The number of nitrogens with zero attached hydrogens (tertiary/aromatic N) is 1. The van der Waals surface area contributed by atoms with Gasteiger partial charge in [0.2, 0.25) is 0 Å². The molecule has 1 spiro atoms. The highest BCUT2D eigenvalue weighted by molar-refractivity contribution is 6.32. The van der Waals surface area contributed by atoms with E-state index in [0.717, 1.165) is 24.2 Å². The first-order valence-electron chi connectivity index (χ1n) is 8.91. The summed E-state index contributed by atoms with van der Waals surface area (Å²) in [6.07, 6.45) is 4.18. The SMILES string of the molecule is CCC1CCC2(CC1)NC(=O)N(CC(=O)c1ccc(OC)c(Cl)c1)C2=O. The van der Waals surface area contributed by atoms with Crippen molar-refractivity contribution in [1.82, 2.24) is 10.2 Å². The summed E-state index contributed by atoms with van der Waals surface area (Å²) in [6, 6.07) is 4.17. The number of imide groups is 1. The van der Waals surface area contributed by atoms with E-state index >= 15 is 0 Å². The van der Waals surface area contributed by atoms with Gasteiger partial charge in [0.05, 0.1) is 18.7 Å². The molecule has 3 amide bonds. The van der Waals surface area contributed by atoms with E-state index < -0.39 is 11.6 Å². The zero-order chi connectivity index (χ0) is 18.9. The molecule has 2 aliphatic rings. The molecule has 1 N–H and O–H groups in total. The number of nitrogens with one attached hydrogen (secondary N) is 1. The number of hydrogen-bond acceptors (Lipinski definition) is 4. The van der Waals surface area contributed by atoms with Crippen LogP contribution in [0.25, 0.3) is 0 Å². The maximum absolute atomic E-state index is 12.9. The summed E-state index contributed by atoms with van der Waals surface area (Å²) >= 11 is 6.05. The van der Waals surface area contributed by atoms with Gasteiger partial charge >= 0.3 is 6.03 Å². The number of Topliss-reactive ketones (excluding diaryl/α,β-unsaturated/α-hetero) is 1. The summed E-state index contributed by atoms with van der Waals surface area (Å²) in [7, 11) is 1.49. The number of ketones is 1. The first-order valence-corrected chi connectivity index (χ1v) is 9.29. The maximum atomic E-state index is 12.9. The zero-order valence-corrected chi connectivity index (χ0v) is 15.8. The number of methoxy groups -OCH3 is 1. The first kappa shape index (κ1) is 18.7. The summed E-state index contributed by atoms with van der Waals surface area (Å²) in [5, 5.41) is 3.15. The topological polar surface area (TPSA) is 75.7 Å². The Hall–Kier alpha value is -2.08. The second-order valence-corrected chi connectivity index (χ2v) is 7.43. The molecule has 1 aliphatic heterocycles. The average molecular weight is 379 g/mol. The lowest BCUT2D eigenvalue weighted by Crippen LogP contribution is -2.49. The Bertz CT molecular complexity index is 741. The number of benzene rings is 1. The quantitative estimate of drug-likeness (QED) is 0.629. The van der Waals surface area contributed by atoms with Gasteiger partial charge in [-0.15, -0.1) is 0 Å². The molecule has 3 rings (SSSR count). The normalized spacial score (nSPS) is 25.5. The first-order chi connectivity index (χ1) is 12.4. The second kappa shape index (κ2) is 7.27. The van der Waals surface area contributed by atoms with E-state index in [-0.39, 0.29) is 18.2 Å². The molecule has 1 aromatic carbocycles. The van der Waals surface area contributed by atoms with Gasteiger partial charge in [0.1, 0.15) is 11.3 Å². The molecular formula is C19H23ClN2O4. The van der Waals surface area contributed by atoms with Crippen LogP contribution in [0.1, 0.15) is 49.4 Å². The van der Waals surface area contributed by atoms with Crippen molar-refractivity contribution in [2.45, 2.75) is 44.6 Å². The maximum Gasteiger partial charge on any atom is 0.325 e. The molecule has 1 heterocycles. The summed E-state index contributed by atoms with van der Waals surface area (Å²) in [6.45, 7) is 1.86. The van der Waals surface area contributed by atoms with E-state index in [1.165, 1.54) is 13.2 Å². The highest BCUT2D eigenvalue weighted by Gasteiger charge is 2.52. The highest BCUT2D eigenvalue weighted by atomic mass is 35.5. The predicted molar refractivity (Wildman–Crippen MR) is 97.6 cm³/mol. The van der Waals surface area contributed by atoms with E-state index in [2.05, 4.69) is 12.2 Å². The van der Waals surface area contributed by atoms with E-state index in [4.69, 9.17) is 16.3 Å². The molecule has 0 radical (unpaired) electrons. The Labute approximate surface area is 157 Å². The smallest absolute Gasteiger partial charge is 0.325 e. The van der Waals surface area contributed by atoms with Crippen molar-refractivity contribution < 1.29 is 19.1 Å². The van der Waals surface area contributed by atoms with Crippen molar-refractivity contribution in [2.24, 2.45) is 5.92 Å². The van der Waals surface area contributed by atoms with Gasteiger partial charge in [-0.25, -0.2) is 4.79 Å². The largest absolute Gasteiger partial charge is 0.495 e. The Morgan fingerprint density at radius 2 is 2.04 bits per heavy atom. The average Bonchev–Trinajstić information content (AvgIpc) is 2.86. The van der Waals surface area contributed by atoms with Crippen LogP contribution in [0.2, 0.25) is 5.02 Å². The third kappa shape index (κ3) is 3.30. The Balaban J connectivity index is 1.72. The zero-order valence-electron chi connectivity index (χ0n) is 15.0. The van der Waals surface area contributed by atoms with Crippen molar-refractivity contribution in [3.63, 3.8) is 0 Å². The molecule has 1 saturated heterocycles. The van der Waals surface area contributed by atoms with Gasteiger partial charge in [-0.2, -0.15) is 0 Å². The van der Waals surface area contributed by atoms with Crippen molar-refractivity contribution >= 4 is 29.3 Å². The molecule has 1 aliphatic carbocycles. The Morgan fingerprint density at radius 3 is 2.62 bits per heavy atom. The standard InChI is InChI=1S/C19H23ClN2O4/c1-3-12-6-8-19(9-7-12)17(24)22(18(25)21-19)11-15(23)13-4-5-16(26-2)14(20)10-13/h4-5,10,12H,3,6-9,11H2,1-2H3,(H,21,25). The summed E-state index contributed by atoms with van der Waals surface area (Å²) in [5.41, 5.74) is -0.493. The van der Waals surface area contributed by atoms with E-state index in [1.54, 1.807) is 12.1 Å². The van der Waals surface area contributed by atoms with Gasteiger partial charge in [0, 0.05) is 5.56 Å². The van der Waals surface area contributed by atoms with Crippen molar-refractivity contribution in [2.75, 3.05) is 13.7 Å². The number of amides is 3. The van der Waals surface area contributed by atoms with Gasteiger partial charge in [-0.1, -0.05) is 24.9 Å². The van der Waals surface area contributed by atoms with E-state index in [0.29, 0.717) is 35.1 Å². The molecule has 2 fully saturated rings. The van der Waals surface area contributed by atoms with Gasteiger partial charge in [-0.05, 0) is 49.8 Å². The molecule has 1 aromatic rings. The number of hydrogen-bond donors (Lipinski definition) is 1. The summed E-state index contributed by atoms with van der Waals surface area (Å²) < 4.78 is 5.07. The van der Waals surface area contributed by atoms with Crippen molar-refractivity contribution in [3.8, 4) is 5.75 Å². The number of carbonyl (C=O) groups excluding carboxylic acids is 3. The molecule has 26 heavy (non-hydrogen) atoms. The van der Waals surface area contributed by atoms with E-state index in [1.807, 2.05) is 0 Å². The molecule has 1 saturated carbocycles. The fraction of sp³-hybridized carbons (Fsp3) is 0.526. The Kier molecular flexibility index (Phi) is 5.23. The molecule has 0 bridgehead atoms. The van der Waals surface area contributed by atoms with Gasteiger partial charge in [0.25, 0.3) is 5.91 Å². The van der Waals surface area contributed by atoms with Crippen LogP contribution in [0.3, 0.4) is 0 Å². The molecule has 140 valence electrons. The minimum atomic E-state index is -0.833. The van der Waals surface area contributed by atoms with E-state index in [9.17, 15) is 14.4 Å². The van der Waals surface area contributed by atoms with Crippen LogP contribution in [0.5, 0.6) is 5.75 Å². The number of halogens is 1. The lowest BCUT2D eigenvalue weighted by molar-refractivity contribution is -0.132. The van der Waals surface area contributed by atoms with Gasteiger partial charge in [0.15, 0.2) is 5.78 Å². The molecule has 0 unspecified atom stereocenters. The minimum Gasteiger partial charge on any atom is -0.495 e. The van der Waals surface area contributed by atoms with Crippen molar-refractivity contribution in [3.05, 3.63) is 28.8 Å². The number of rotatable bonds is 5. The molecular weight excluding hydrogens is 356 g/mol. The second-order valence-electron chi connectivity index (χ2n) is 7.03. The van der Waals surface area contributed by atoms with Crippen molar-refractivity contribution in [1.29, 1.82) is 0 Å². The lowest BCUT2D eigenvalue weighted by atomic mass is 9.75. The van der Waals surface area contributed by atoms with Crippen LogP contribution in [-0.2, 0) is 4.79 Å². The fourth-order valence-corrected chi connectivity index (χ4v) is 4.07. The van der Waals surface area contributed by atoms with Crippen LogP contribution in [0, 0.1) is 5.92 Å². The highest BCUT2D eigenvalue weighted by Crippen LogP contribution is 2.37. The fourth-order valence-electron chi connectivity index (χ4n) is 3.81. The van der Waals surface area contributed by atoms with Crippen LogP contribution < -0.4 is 10.1 Å². The van der Waals surface area contributed by atoms with Crippen LogP contribution >= 0.6 is 11.6 Å². The summed E-state index contributed by atoms with van der Waals surface area (Å²) in [5.74, 6) is 0.439. The molecule has 6 nitrogen and oxygen atoms in total. The van der Waals surface area contributed by atoms with Gasteiger partial charge in [-0.3, -0.25) is 14.5 Å². The third-order valence-electron chi connectivity index (χ3n) is 5.56. The number of ether oxygens (including phenoxy) is 1. The monoisotopic (exact) mass is 378 g/mol. The van der Waals surface area contributed by atoms with Crippen LogP contribution in [-0.4, -0.2) is 41.8 Å². The summed E-state index contributed by atoms with van der Waals surface area (Å²) in [4.78, 5) is 38.8.